The van der Waals surface area contributed by atoms with Gasteiger partial charge in [-0.2, -0.15) is 0 Å². The Labute approximate surface area is 144 Å². The molecule has 2 aromatic rings. The number of benzene rings is 1. The number of halogens is 1. The summed E-state index contributed by atoms with van der Waals surface area (Å²) in [5.41, 5.74) is 1.63. The average Bonchev–Trinajstić information content (AvgIpc) is 2.53. The van der Waals surface area contributed by atoms with Crippen molar-refractivity contribution in [3.05, 3.63) is 57.4 Å². The Morgan fingerprint density at radius 3 is 2.39 bits per heavy atom. The van der Waals surface area contributed by atoms with Crippen molar-refractivity contribution in [2.45, 2.75) is 20.4 Å². The second kappa shape index (κ2) is 7.97. The van der Waals surface area contributed by atoms with Crippen LogP contribution in [-0.2, 0) is 11.3 Å². The van der Waals surface area contributed by atoms with Gasteiger partial charge in [0.2, 0.25) is 5.91 Å². The molecule has 0 radical (unpaired) electrons. The van der Waals surface area contributed by atoms with E-state index in [2.05, 4.69) is 40.0 Å². The van der Waals surface area contributed by atoms with Gasteiger partial charge in [0.1, 0.15) is 6.54 Å². The lowest BCUT2D eigenvalue weighted by atomic mass is 10.2. The van der Waals surface area contributed by atoms with Crippen molar-refractivity contribution in [1.29, 1.82) is 0 Å². The Bertz CT molecular complexity index is 721. The number of carbonyl (C=O) groups is 1. The number of pyridine rings is 1. The largest absolute Gasteiger partial charge is 0.372 e. The van der Waals surface area contributed by atoms with Crippen molar-refractivity contribution in [3.8, 4) is 0 Å². The third-order valence-electron chi connectivity index (χ3n) is 3.54. The topological polar surface area (TPSA) is 54.3 Å². The van der Waals surface area contributed by atoms with Gasteiger partial charge in [-0.25, -0.2) is 0 Å². The van der Waals surface area contributed by atoms with Crippen LogP contribution in [0, 0.1) is 0 Å². The summed E-state index contributed by atoms with van der Waals surface area (Å²) in [6, 6.07) is 10.8. The molecular weight excluding hydrogens is 358 g/mol. The minimum atomic E-state index is -0.235. The monoisotopic (exact) mass is 377 g/mol. The standard InChI is InChI=1S/C17H20BrN3O2/c1-3-20(4-2)15-8-6-14(7-9-15)19-16(22)12-21-11-13(18)5-10-17(21)23/h5-11H,3-4,12H2,1-2H3,(H,19,22). The normalized spacial score (nSPS) is 10.4. The van der Waals surface area contributed by atoms with Crippen LogP contribution in [0.4, 0.5) is 11.4 Å². The van der Waals surface area contributed by atoms with Crippen LogP contribution in [0.25, 0.3) is 0 Å². The summed E-state index contributed by atoms with van der Waals surface area (Å²) in [7, 11) is 0. The van der Waals surface area contributed by atoms with Crippen molar-refractivity contribution < 1.29 is 4.79 Å². The molecule has 0 aliphatic carbocycles. The van der Waals surface area contributed by atoms with E-state index in [1.165, 1.54) is 10.6 Å². The molecule has 0 spiro atoms. The molecule has 0 aliphatic rings. The van der Waals surface area contributed by atoms with Crippen LogP contribution < -0.4 is 15.8 Å². The van der Waals surface area contributed by atoms with E-state index in [9.17, 15) is 9.59 Å². The summed E-state index contributed by atoms with van der Waals surface area (Å²) in [4.78, 5) is 26.0. The quantitative estimate of drug-likeness (QED) is 0.841. The zero-order valence-electron chi connectivity index (χ0n) is 13.3. The summed E-state index contributed by atoms with van der Waals surface area (Å²) in [5, 5.41) is 2.81. The first kappa shape index (κ1) is 17.3. The van der Waals surface area contributed by atoms with E-state index in [0.29, 0.717) is 5.69 Å². The van der Waals surface area contributed by atoms with Crippen LogP contribution in [0.15, 0.2) is 51.9 Å². The number of hydrogen-bond donors (Lipinski definition) is 1. The van der Waals surface area contributed by atoms with Gasteiger partial charge in [-0.3, -0.25) is 9.59 Å². The zero-order chi connectivity index (χ0) is 16.8. The number of amides is 1. The van der Waals surface area contributed by atoms with Crippen LogP contribution in [-0.4, -0.2) is 23.6 Å². The minimum absolute atomic E-state index is 0.0178. The van der Waals surface area contributed by atoms with Gasteiger partial charge in [0.05, 0.1) is 0 Å². The van der Waals surface area contributed by atoms with Crippen molar-refractivity contribution >= 4 is 33.2 Å². The smallest absolute Gasteiger partial charge is 0.251 e. The fourth-order valence-corrected chi connectivity index (χ4v) is 2.70. The maximum Gasteiger partial charge on any atom is 0.251 e. The lowest BCUT2D eigenvalue weighted by molar-refractivity contribution is -0.116. The summed E-state index contributed by atoms with van der Waals surface area (Å²) >= 11 is 3.29. The molecule has 6 heteroatoms. The average molecular weight is 378 g/mol. The second-order valence-corrected chi connectivity index (χ2v) is 6.00. The Balaban J connectivity index is 2.03. The lowest BCUT2D eigenvalue weighted by Crippen LogP contribution is -2.26. The van der Waals surface area contributed by atoms with E-state index in [1.54, 1.807) is 12.3 Å². The van der Waals surface area contributed by atoms with E-state index in [0.717, 1.165) is 23.2 Å². The Morgan fingerprint density at radius 2 is 1.78 bits per heavy atom. The van der Waals surface area contributed by atoms with Gasteiger partial charge in [-0.15, -0.1) is 0 Å². The zero-order valence-corrected chi connectivity index (χ0v) is 14.8. The fraction of sp³-hybridized carbons (Fsp3) is 0.294. The number of nitrogens with one attached hydrogen (secondary N) is 1. The first-order valence-corrected chi connectivity index (χ1v) is 8.33. The second-order valence-electron chi connectivity index (χ2n) is 5.08. The van der Waals surface area contributed by atoms with Crippen LogP contribution in [0.1, 0.15) is 13.8 Å². The number of anilines is 2. The highest BCUT2D eigenvalue weighted by molar-refractivity contribution is 9.10. The first-order chi connectivity index (χ1) is 11.0. The van der Waals surface area contributed by atoms with Gasteiger partial charge >= 0.3 is 0 Å². The summed E-state index contributed by atoms with van der Waals surface area (Å²) < 4.78 is 2.12. The van der Waals surface area contributed by atoms with Crippen molar-refractivity contribution in [2.75, 3.05) is 23.3 Å². The summed E-state index contributed by atoms with van der Waals surface area (Å²) in [6.07, 6.45) is 1.60. The van der Waals surface area contributed by atoms with Gasteiger partial charge in [-0.05, 0) is 60.1 Å². The molecule has 0 aliphatic heterocycles. The molecule has 122 valence electrons. The fourth-order valence-electron chi connectivity index (χ4n) is 2.33. The van der Waals surface area contributed by atoms with Crippen molar-refractivity contribution in [1.82, 2.24) is 4.57 Å². The number of nitrogens with zero attached hydrogens (tertiary/aromatic N) is 2. The molecule has 2 rings (SSSR count). The molecule has 0 unspecified atom stereocenters. The van der Waals surface area contributed by atoms with Gasteiger partial charge in [0.25, 0.3) is 5.56 Å². The van der Waals surface area contributed by atoms with Crippen LogP contribution in [0.3, 0.4) is 0 Å². The molecule has 0 fully saturated rings. The lowest BCUT2D eigenvalue weighted by Gasteiger charge is -2.21. The number of aromatic nitrogens is 1. The number of rotatable bonds is 6. The highest BCUT2D eigenvalue weighted by atomic mass is 79.9. The van der Waals surface area contributed by atoms with E-state index >= 15 is 0 Å². The number of carbonyl (C=O) groups excluding carboxylic acids is 1. The Morgan fingerprint density at radius 1 is 1.13 bits per heavy atom. The molecule has 0 saturated carbocycles. The molecule has 0 saturated heterocycles. The van der Waals surface area contributed by atoms with Gasteiger partial charge in [-0.1, -0.05) is 0 Å². The molecule has 23 heavy (non-hydrogen) atoms. The summed E-state index contributed by atoms with van der Waals surface area (Å²) in [5.74, 6) is -0.235. The third kappa shape index (κ3) is 4.69. The molecule has 0 bridgehead atoms. The Hall–Kier alpha value is -2.08. The molecule has 0 atom stereocenters. The van der Waals surface area contributed by atoms with E-state index in [1.807, 2.05) is 24.3 Å². The highest BCUT2D eigenvalue weighted by Gasteiger charge is 2.07. The first-order valence-electron chi connectivity index (χ1n) is 7.54. The summed E-state index contributed by atoms with van der Waals surface area (Å²) in [6.45, 7) is 6.07. The van der Waals surface area contributed by atoms with Crippen LogP contribution in [0.5, 0.6) is 0 Å². The molecule has 1 aromatic heterocycles. The number of hydrogen-bond acceptors (Lipinski definition) is 3. The molecule has 1 heterocycles. The maximum atomic E-state index is 12.1. The highest BCUT2D eigenvalue weighted by Crippen LogP contribution is 2.17. The van der Waals surface area contributed by atoms with Crippen molar-refractivity contribution in [3.63, 3.8) is 0 Å². The third-order valence-corrected chi connectivity index (χ3v) is 4.01. The van der Waals surface area contributed by atoms with Crippen LogP contribution >= 0.6 is 15.9 Å². The Kier molecular flexibility index (Phi) is 5.98. The predicted octanol–water partition coefficient (Wildman–Crippen LogP) is 3.10. The molecular formula is C17H20BrN3O2. The van der Waals surface area contributed by atoms with Gasteiger partial charge in [0.15, 0.2) is 0 Å². The van der Waals surface area contributed by atoms with E-state index in [4.69, 9.17) is 0 Å². The molecule has 1 aromatic carbocycles. The predicted molar refractivity (Wildman–Crippen MR) is 97.0 cm³/mol. The van der Waals surface area contributed by atoms with Crippen molar-refractivity contribution in [2.24, 2.45) is 0 Å². The molecule has 5 nitrogen and oxygen atoms in total. The van der Waals surface area contributed by atoms with Gasteiger partial charge < -0.3 is 14.8 Å². The minimum Gasteiger partial charge on any atom is -0.372 e. The van der Waals surface area contributed by atoms with Gasteiger partial charge in [0, 0.05) is 41.2 Å². The van der Waals surface area contributed by atoms with E-state index < -0.39 is 0 Å². The molecule has 1 amide bonds. The van der Waals surface area contributed by atoms with E-state index in [-0.39, 0.29) is 18.0 Å². The SMILES string of the molecule is CCN(CC)c1ccc(NC(=O)Cn2cc(Br)ccc2=O)cc1. The maximum absolute atomic E-state index is 12.1. The molecule has 1 N–H and O–H groups in total. The van der Waals surface area contributed by atoms with Crippen LogP contribution in [0.2, 0.25) is 0 Å².